The van der Waals surface area contributed by atoms with E-state index in [9.17, 15) is 18.0 Å². The molecule has 1 unspecified atom stereocenters. The normalized spacial score (nSPS) is 28.6. The van der Waals surface area contributed by atoms with Gasteiger partial charge in [-0.25, -0.2) is 8.42 Å². The second kappa shape index (κ2) is 5.53. The fraction of sp³-hybridized carbons (Fsp3) is 0.571. The summed E-state index contributed by atoms with van der Waals surface area (Å²) in [6, 6.07) is 3.51. The van der Waals surface area contributed by atoms with Crippen LogP contribution in [-0.4, -0.2) is 20.1 Å². The van der Waals surface area contributed by atoms with Crippen LogP contribution >= 0.6 is 11.3 Å². The Bertz CT molecular complexity index is 635. The first kappa shape index (κ1) is 14.7. The summed E-state index contributed by atoms with van der Waals surface area (Å²) in [5, 5.41) is 1.80. The van der Waals surface area contributed by atoms with E-state index in [1.54, 1.807) is 17.5 Å². The lowest BCUT2D eigenvalue weighted by Crippen LogP contribution is -2.40. The summed E-state index contributed by atoms with van der Waals surface area (Å²) < 4.78 is 26.2. The highest BCUT2D eigenvalue weighted by Crippen LogP contribution is 2.42. The molecule has 3 atom stereocenters. The highest BCUT2D eigenvalue weighted by Gasteiger charge is 2.44. The summed E-state index contributed by atoms with van der Waals surface area (Å²) in [5.41, 5.74) is 0. The quantitative estimate of drug-likeness (QED) is 0.913. The van der Waals surface area contributed by atoms with E-state index >= 15 is 0 Å². The van der Waals surface area contributed by atoms with E-state index in [1.807, 2.05) is 0 Å². The molecule has 3 rings (SSSR count). The molecule has 2 fully saturated rings. The topological polar surface area (TPSA) is 80.3 Å². The molecule has 0 aromatic carbocycles. The van der Waals surface area contributed by atoms with Crippen LogP contribution in [0.3, 0.4) is 0 Å². The molecule has 1 N–H and O–H groups in total. The number of amides is 1. The summed E-state index contributed by atoms with van der Waals surface area (Å²) in [6.45, 7) is 0. The number of Topliss-reactive ketones (excluding diaryl/α,β-unsaturated/α-hetero) is 1. The zero-order valence-electron chi connectivity index (χ0n) is 11.4. The molecule has 2 bridgehead atoms. The number of carbonyl (C=O) groups excluding carboxylic acids is 2. The number of thiophene rings is 1. The summed E-state index contributed by atoms with van der Waals surface area (Å²) in [4.78, 5) is 24.7. The second-order valence-electron chi connectivity index (χ2n) is 5.85. The molecule has 0 saturated heterocycles. The Kier molecular flexibility index (Phi) is 3.88. The van der Waals surface area contributed by atoms with Crippen molar-refractivity contribution in [2.24, 2.45) is 17.8 Å². The number of rotatable bonds is 4. The van der Waals surface area contributed by atoms with Gasteiger partial charge in [-0.2, -0.15) is 0 Å². The van der Waals surface area contributed by atoms with Gasteiger partial charge in [-0.05, 0) is 37.1 Å². The third kappa shape index (κ3) is 3.18. The zero-order chi connectivity index (χ0) is 15.0. The fourth-order valence-corrected chi connectivity index (χ4v) is 5.58. The summed E-state index contributed by atoms with van der Waals surface area (Å²) in [6.07, 6.45) is 2.68. The largest absolute Gasteiger partial charge is 0.299 e. The molecule has 1 amide bonds. The lowest BCUT2D eigenvalue weighted by Gasteiger charge is -2.25. The number of ketones is 1. The minimum absolute atomic E-state index is 0.0421. The molecule has 1 aromatic heterocycles. The van der Waals surface area contributed by atoms with E-state index in [4.69, 9.17) is 0 Å². The molecule has 5 nitrogen and oxygen atoms in total. The molecule has 21 heavy (non-hydrogen) atoms. The Morgan fingerprint density at radius 3 is 2.52 bits per heavy atom. The summed E-state index contributed by atoms with van der Waals surface area (Å²) >= 11 is 1.35. The number of carbonyl (C=O) groups is 2. The highest BCUT2D eigenvalue weighted by atomic mass is 32.2. The Hall–Kier alpha value is -1.21. The van der Waals surface area contributed by atoms with Crippen LogP contribution < -0.4 is 4.72 Å². The number of hydrogen-bond acceptors (Lipinski definition) is 5. The monoisotopic (exact) mass is 327 g/mol. The molecule has 1 heterocycles. The lowest BCUT2D eigenvalue weighted by molar-refractivity contribution is -0.131. The Labute approximate surface area is 127 Å². The van der Waals surface area contributed by atoms with Crippen molar-refractivity contribution in [2.75, 3.05) is 0 Å². The first-order valence-corrected chi connectivity index (χ1v) is 9.58. The van der Waals surface area contributed by atoms with Crippen molar-refractivity contribution < 1.29 is 18.0 Å². The molecule has 1 aromatic rings. The smallest absolute Gasteiger partial charge is 0.239 e. The zero-order valence-corrected chi connectivity index (χ0v) is 13.1. The standard InChI is InChI=1S/C14H17NO4S2/c16-13-9-3-4-10(13)7-11(6-9)14(17)15-21(18,19)8-12-2-1-5-20-12/h1-2,5,9-11H,3-4,6-8H2,(H,15,17)/t9-,10+,11?. The summed E-state index contributed by atoms with van der Waals surface area (Å²) in [5.74, 6) is -0.789. The van der Waals surface area contributed by atoms with Crippen molar-refractivity contribution in [2.45, 2.75) is 31.4 Å². The molecule has 7 heteroatoms. The van der Waals surface area contributed by atoms with Gasteiger partial charge in [-0.1, -0.05) is 6.07 Å². The van der Waals surface area contributed by atoms with E-state index in [-0.39, 0.29) is 29.3 Å². The van der Waals surface area contributed by atoms with Crippen LogP contribution in [0.15, 0.2) is 17.5 Å². The van der Waals surface area contributed by atoms with Gasteiger partial charge < -0.3 is 0 Å². The maximum absolute atomic E-state index is 12.2. The Morgan fingerprint density at radius 2 is 1.95 bits per heavy atom. The molecule has 2 saturated carbocycles. The van der Waals surface area contributed by atoms with Gasteiger partial charge in [0.2, 0.25) is 15.9 Å². The number of fused-ring (bicyclic) bond motifs is 2. The van der Waals surface area contributed by atoms with Crippen molar-refractivity contribution in [1.82, 2.24) is 4.72 Å². The molecule has 2 aliphatic carbocycles. The van der Waals surface area contributed by atoms with Gasteiger partial charge in [0.25, 0.3) is 0 Å². The number of nitrogens with one attached hydrogen (secondary N) is 1. The van der Waals surface area contributed by atoms with E-state index < -0.39 is 15.9 Å². The Balaban J connectivity index is 1.63. The van der Waals surface area contributed by atoms with Crippen molar-refractivity contribution in [1.29, 1.82) is 0 Å². The van der Waals surface area contributed by atoms with Gasteiger partial charge in [0.15, 0.2) is 0 Å². The average Bonchev–Trinajstić information content (AvgIpc) is 2.94. The van der Waals surface area contributed by atoms with Crippen LogP contribution in [0.5, 0.6) is 0 Å². The minimum atomic E-state index is -3.66. The third-order valence-electron chi connectivity index (χ3n) is 4.35. The van der Waals surface area contributed by atoms with Gasteiger partial charge in [-0.15, -0.1) is 11.3 Å². The van der Waals surface area contributed by atoms with E-state index in [0.29, 0.717) is 17.7 Å². The van der Waals surface area contributed by atoms with Crippen molar-refractivity contribution in [3.8, 4) is 0 Å². The SMILES string of the molecule is O=C(NS(=O)(=O)Cc1cccs1)C1C[C@H]2CC[C@@H](C1)C2=O. The first-order valence-electron chi connectivity index (χ1n) is 7.05. The van der Waals surface area contributed by atoms with Crippen LogP contribution in [0.25, 0.3) is 0 Å². The molecule has 114 valence electrons. The fourth-order valence-electron chi connectivity index (χ4n) is 3.34. The maximum Gasteiger partial charge on any atom is 0.239 e. The lowest BCUT2D eigenvalue weighted by atomic mass is 9.80. The molecular weight excluding hydrogens is 310 g/mol. The number of sulfonamides is 1. The van der Waals surface area contributed by atoms with Crippen molar-refractivity contribution in [3.05, 3.63) is 22.4 Å². The third-order valence-corrected chi connectivity index (χ3v) is 6.61. The van der Waals surface area contributed by atoms with E-state index in [0.717, 1.165) is 12.8 Å². The predicted octanol–water partition coefficient (Wildman–Crippen LogP) is 1.70. The highest BCUT2D eigenvalue weighted by molar-refractivity contribution is 7.89. The van der Waals surface area contributed by atoms with Gasteiger partial charge in [-0.3, -0.25) is 14.3 Å². The van der Waals surface area contributed by atoms with Crippen molar-refractivity contribution in [3.63, 3.8) is 0 Å². The van der Waals surface area contributed by atoms with Crippen LogP contribution in [0.4, 0.5) is 0 Å². The van der Waals surface area contributed by atoms with Crippen LogP contribution in [-0.2, 0) is 25.4 Å². The van der Waals surface area contributed by atoms with Gasteiger partial charge >= 0.3 is 0 Å². The average molecular weight is 327 g/mol. The molecular formula is C14H17NO4S2. The molecule has 2 aliphatic rings. The molecule has 0 radical (unpaired) electrons. The van der Waals surface area contributed by atoms with Gasteiger partial charge in [0, 0.05) is 22.6 Å². The predicted molar refractivity (Wildman–Crippen MR) is 79.0 cm³/mol. The van der Waals surface area contributed by atoms with Crippen LogP contribution in [0.2, 0.25) is 0 Å². The van der Waals surface area contributed by atoms with E-state index in [2.05, 4.69) is 4.72 Å². The van der Waals surface area contributed by atoms with E-state index in [1.165, 1.54) is 11.3 Å². The Morgan fingerprint density at radius 1 is 1.29 bits per heavy atom. The minimum Gasteiger partial charge on any atom is -0.299 e. The van der Waals surface area contributed by atoms with Gasteiger partial charge in [0.1, 0.15) is 11.5 Å². The second-order valence-corrected chi connectivity index (χ2v) is 8.60. The van der Waals surface area contributed by atoms with Crippen molar-refractivity contribution >= 4 is 33.1 Å². The van der Waals surface area contributed by atoms with Crippen LogP contribution in [0, 0.1) is 17.8 Å². The van der Waals surface area contributed by atoms with Gasteiger partial charge in [0.05, 0.1) is 0 Å². The van der Waals surface area contributed by atoms with Crippen LogP contribution in [0.1, 0.15) is 30.6 Å². The first-order chi connectivity index (χ1) is 9.94. The molecule has 0 aliphatic heterocycles. The maximum atomic E-state index is 12.2. The number of hydrogen-bond donors (Lipinski definition) is 1. The summed E-state index contributed by atoms with van der Waals surface area (Å²) in [7, 11) is -3.66. The molecule has 0 spiro atoms.